The van der Waals surface area contributed by atoms with E-state index in [1.54, 1.807) is 0 Å². The van der Waals surface area contributed by atoms with E-state index in [-0.39, 0.29) is 0 Å². The molecule has 2 heteroatoms. The average molecular weight is 152 g/mol. The number of allylic oxidation sites excluding steroid dienone is 2. The quantitative estimate of drug-likeness (QED) is 0.335. The fourth-order valence-electron chi connectivity index (χ4n) is 1.18. The second kappa shape index (κ2) is 4.16. The molecule has 0 radical (unpaired) electrons. The largest absolute Gasteiger partial charge is 0.303 e. The van der Waals surface area contributed by atoms with Crippen molar-refractivity contribution in [2.24, 2.45) is 11.0 Å². The number of hydrogen-bond donors (Lipinski definition) is 0. The van der Waals surface area contributed by atoms with Crippen LogP contribution < -0.4 is 0 Å². The molecular weight excluding hydrogens is 136 g/mol. The summed E-state index contributed by atoms with van der Waals surface area (Å²) >= 11 is 0. The lowest BCUT2D eigenvalue weighted by Gasteiger charge is -2.13. The predicted molar refractivity (Wildman–Crippen MR) is 48.7 cm³/mol. The molecule has 0 amide bonds. The summed E-state index contributed by atoms with van der Waals surface area (Å²) < 4.78 is 0. The van der Waals surface area contributed by atoms with E-state index >= 15 is 0 Å². The first-order valence-electron chi connectivity index (χ1n) is 4.15. The molecule has 0 saturated heterocycles. The Morgan fingerprint density at radius 3 is 2.82 bits per heavy atom. The standard InChI is InChI=1S/C9H16N2/c1-11(2)10-8-9-6-4-3-5-7-9/h3-4,8-9H,5-7H2,1-2H3/b10-8+/t9-/m0/s1. The first-order valence-corrected chi connectivity index (χ1v) is 4.15. The van der Waals surface area contributed by atoms with Gasteiger partial charge in [0.1, 0.15) is 0 Å². The molecule has 2 nitrogen and oxygen atoms in total. The Hall–Kier alpha value is -0.790. The molecule has 0 aromatic carbocycles. The van der Waals surface area contributed by atoms with Crippen molar-refractivity contribution < 1.29 is 0 Å². The fourth-order valence-corrected chi connectivity index (χ4v) is 1.18. The van der Waals surface area contributed by atoms with Gasteiger partial charge >= 0.3 is 0 Å². The third kappa shape index (κ3) is 3.21. The first kappa shape index (κ1) is 8.31. The zero-order chi connectivity index (χ0) is 8.10. The number of hydrazone groups is 1. The van der Waals surface area contributed by atoms with Crippen molar-refractivity contribution in [1.29, 1.82) is 0 Å². The SMILES string of the molecule is CN(C)/N=C/[C@H]1CC=CCC1. The summed E-state index contributed by atoms with van der Waals surface area (Å²) in [5.74, 6) is 0.669. The van der Waals surface area contributed by atoms with Gasteiger partial charge in [0, 0.05) is 20.3 Å². The normalized spacial score (nSPS) is 24.4. The summed E-state index contributed by atoms with van der Waals surface area (Å²) in [6.07, 6.45) is 10.2. The van der Waals surface area contributed by atoms with E-state index in [9.17, 15) is 0 Å². The summed E-state index contributed by atoms with van der Waals surface area (Å²) in [7, 11) is 3.91. The molecule has 11 heavy (non-hydrogen) atoms. The molecule has 0 bridgehead atoms. The van der Waals surface area contributed by atoms with Gasteiger partial charge in [0.2, 0.25) is 0 Å². The molecule has 0 aromatic rings. The van der Waals surface area contributed by atoms with Crippen molar-refractivity contribution in [1.82, 2.24) is 5.01 Å². The predicted octanol–water partition coefficient (Wildman–Crippen LogP) is 1.89. The van der Waals surface area contributed by atoms with Crippen LogP contribution in [0.15, 0.2) is 17.3 Å². The highest BCUT2D eigenvalue weighted by Crippen LogP contribution is 2.15. The van der Waals surface area contributed by atoms with E-state index < -0.39 is 0 Å². The molecule has 0 spiro atoms. The third-order valence-electron chi connectivity index (χ3n) is 1.82. The maximum absolute atomic E-state index is 4.22. The molecular formula is C9H16N2. The maximum atomic E-state index is 4.22. The van der Waals surface area contributed by atoms with E-state index in [0.717, 1.165) is 6.42 Å². The monoisotopic (exact) mass is 152 g/mol. The van der Waals surface area contributed by atoms with Gasteiger partial charge in [-0.3, -0.25) is 0 Å². The van der Waals surface area contributed by atoms with Crippen molar-refractivity contribution in [3.63, 3.8) is 0 Å². The van der Waals surface area contributed by atoms with Gasteiger partial charge in [-0.05, 0) is 25.2 Å². The molecule has 1 atom stereocenters. The van der Waals surface area contributed by atoms with Gasteiger partial charge in [-0.1, -0.05) is 12.2 Å². The molecule has 0 saturated carbocycles. The van der Waals surface area contributed by atoms with E-state index in [1.807, 2.05) is 19.1 Å². The Kier molecular flexibility index (Phi) is 3.14. The average Bonchev–Trinajstić information content (AvgIpc) is 2.03. The van der Waals surface area contributed by atoms with Gasteiger partial charge in [-0.25, -0.2) is 0 Å². The number of nitrogens with zero attached hydrogens (tertiary/aromatic N) is 2. The van der Waals surface area contributed by atoms with Crippen LogP contribution in [0, 0.1) is 5.92 Å². The first-order chi connectivity index (χ1) is 5.29. The van der Waals surface area contributed by atoms with Crippen molar-refractivity contribution in [2.75, 3.05) is 14.1 Å². The lowest BCUT2D eigenvalue weighted by molar-refractivity contribution is 0.434. The Morgan fingerprint density at radius 2 is 2.27 bits per heavy atom. The summed E-state index contributed by atoms with van der Waals surface area (Å²) in [6.45, 7) is 0. The summed E-state index contributed by atoms with van der Waals surface area (Å²) in [5, 5.41) is 6.07. The highest BCUT2D eigenvalue weighted by molar-refractivity contribution is 5.60. The smallest absolute Gasteiger partial charge is 0.0279 e. The number of hydrogen-bond acceptors (Lipinski definition) is 2. The zero-order valence-corrected chi connectivity index (χ0v) is 7.33. The molecule has 1 rings (SSSR count). The van der Waals surface area contributed by atoms with E-state index in [1.165, 1.54) is 12.8 Å². The molecule has 0 heterocycles. The molecule has 0 unspecified atom stereocenters. The Labute approximate surface area is 68.6 Å². The van der Waals surface area contributed by atoms with Crippen LogP contribution >= 0.6 is 0 Å². The lowest BCUT2D eigenvalue weighted by atomic mass is 9.96. The van der Waals surface area contributed by atoms with Gasteiger partial charge < -0.3 is 5.01 Å². The Balaban J connectivity index is 2.31. The van der Waals surface area contributed by atoms with Gasteiger partial charge in [0.05, 0.1) is 0 Å². The second-order valence-electron chi connectivity index (χ2n) is 3.16. The van der Waals surface area contributed by atoms with Crippen LogP contribution in [0.4, 0.5) is 0 Å². The van der Waals surface area contributed by atoms with Gasteiger partial charge in [0.25, 0.3) is 0 Å². The fraction of sp³-hybridized carbons (Fsp3) is 0.667. The molecule has 0 aromatic heterocycles. The summed E-state index contributed by atoms with van der Waals surface area (Å²) in [4.78, 5) is 0. The van der Waals surface area contributed by atoms with Gasteiger partial charge in [-0.2, -0.15) is 5.10 Å². The molecule has 1 aliphatic carbocycles. The van der Waals surface area contributed by atoms with Crippen molar-refractivity contribution in [3.05, 3.63) is 12.2 Å². The summed E-state index contributed by atoms with van der Waals surface area (Å²) in [5.41, 5.74) is 0. The van der Waals surface area contributed by atoms with Crippen molar-refractivity contribution in [3.8, 4) is 0 Å². The van der Waals surface area contributed by atoms with Crippen molar-refractivity contribution in [2.45, 2.75) is 19.3 Å². The van der Waals surface area contributed by atoms with Gasteiger partial charge in [-0.15, -0.1) is 0 Å². The van der Waals surface area contributed by atoms with E-state index in [2.05, 4.69) is 23.5 Å². The third-order valence-corrected chi connectivity index (χ3v) is 1.82. The van der Waals surface area contributed by atoms with E-state index in [0.29, 0.717) is 5.92 Å². The molecule has 0 N–H and O–H groups in total. The minimum atomic E-state index is 0.669. The topological polar surface area (TPSA) is 15.6 Å². The van der Waals surface area contributed by atoms with Crippen LogP contribution in [-0.4, -0.2) is 25.3 Å². The van der Waals surface area contributed by atoms with Crippen LogP contribution in [0.1, 0.15) is 19.3 Å². The lowest BCUT2D eigenvalue weighted by Crippen LogP contribution is -2.08. The minimum Gasteiger partial charge on any atom is -0.303 e. The zero-order valence-electron chi connectivity index (χ0n) is 7.33. The Morgan fingerprint density at radius 1 is 1.45 bits per heavy atom. The highest BCUT2D eigenvalue weighted by Gasteiger charge is 2.05. The molecule has 0 fully saturated rings. The summed E-state index contributed by atoms with van der Waals surface area (Å²) in [6, 6.07) is 0. The Bertz CT molecular complexity index is 159. The van der Waals surface area contributed by atoms with Gasteiger partial charge in [0.15, 0.2) is 0 Å². The van der Waals surface area contributed by atoms with E-state index in [4.69, 9.17) is 0 Å². The van der Waals surface area contributed by atoms with Crippen LogP contribution in [0.25, 0.3) is 0 Å². The van der Waals surface area contributed by atoms with Crippen LogP contribution in [-0.2, 0) is 0 Å². The maximum Gasteiger partial charge on any atom is 0.0279 e. The van der Waals surface area contributed by atoms with Crippen LogP contribution in [0.3, 0.4) is 0 Å². The van der Waals surface area contributed by atoms with Crippen LogP contribution in [0.5, 0.6) is 0 Å². The number of rotatable bonds is 2. The molecule has 0 aliphatic heterocycles. The highest BCUT2D eigenvalue weighted by atomic mass is 15.4. The minimum absolute atomic E-state index is 0.669. The van der Waals surface area contributed by atoms with Crippen molar-refractivity contribution >= 4 is 6.21 Å². The molecule has 62 valence electrons. The second-order valence-corrected chi connectivity index (χ2v) is 3.16. The van der Waals surface area contributed by atoms with Crippen LogP contribution in [0.2, 0.25) is 0 Å². The molecule has 1 aliphatic rings.